The van der Waals surface area contributed by atoms with Gasteiger partial charge in [0, 0.05) is 11.6 Å². The lowest BCUT2D eigenvalue weighted by Gasteiger charge is -2.00. The quantitative estimate of drug-likeness (QED) is 0.324. The van der Waals surface area contributed by atoms with Crippen molar-refractivity contribution in [3.8, 4) is 0 Å². The molecule has 0 unspecified atom stereocenters. The minimum absolute atomic E-state index is 0.0774. The first-order valence-electron chi connectivity index (χ1n) is 7.37. The fourth-order valence-corrected chi connectivity index (χ4v) is 2.08. The van der Waals surface area contributed by atoms with Gasteiger partial charge in [-0.1, -0.05) is 36.4 Å². The predicted octanol–water partition coefficient (Wildman–Crippen LogP) is 2.59. The first kappa shape index (κ1) is 17.7. The highest BCUT2D eigenvalue weighted by molar-refractivity contribution is 6.07. The molecule has 0 bridgehead atoms. The molecule has 0 saturated heterocycles. The molecule has 0 spiro atoms. The lowest BCUT2D eigenvalue weighted by molar-refractivity contribution is -0.131. The van der Waals surface area contributed by atoms with Gasteiger partial charge in [0.25, 0.3) is 0 Å². The molecule has 6 nitrogen and oxygen atoms in total. The number of aliphatic carboxylic acids is 1. The standard InChI is InChI=1S/C19H17N3O3/c20-19(21)22-16-6-2-5-15(12-16)17(23)9-7-13-3-1-4-14(11-13)8-10-18(24)25/h1-12H,(H,24,25)(H4,20,21,22)/b9-7+,10-8+. The van der Waals surface area contributed by atoms with E-state index in [1.807, 2.05) is 6.07 Å². The van der Waals surface area contributed by atoms with Gasteiger partial charge in [-0.05, 0) is 41.5 Å². The van der Waals surface area contributed by atoms with Crippen LogP contribution in [-0.2, 0) is 4.79 Å². The molecular weight excluding hydrogens is 318 g/mol. The second-order valence-electron chi connectivity index (χ2n) is 5.13. The molecule has 0 radical (unpaired) electrons. The fourth-order valence-electron chi connectivity index (χ4n) is 2.08. The van der Waals surface area contributed by atoms with Crippen LogP contribution in [0.15, 0.2) is 65.7 Å². The average molecular weight is 335 g/mol. The van der Waals surface area contributed by atoms with Gasteiger partial charge in [-0.2, -0.15) is 0 Å². The highest BCUT2D eigenvalue weighted by atomic mass is 16.4. The van der Waals surface area contributed by atoms with Gasteiger partial charge in [0.2, 0.25) is 0 Å². The molecule has 0 aromatic heterocycles. The van der Waals surface area contributed by atoms with Crippen LogP contribution in [0.4, 0.5) is 5.69 Å². The summed E-state index contributed by atoms with van der Waals surface area (Å²) in [7, 11) is 0. The van der Waals surface area contributed by atoms with Gasteiger partial charge in [0.05, 0.1) is 5.69 Å². The number of carboxylic acid groups (broad SMARTS) is 1. The van der Waals surface area contributed by atoms with Gasteiger partial charge in [-0.3, -0.25) is 4.79 Å². The molecule has 0 amide bonds. The third-order valence-electron chi connectivity index (χ3n) is 3.15. The molecule has 0 aliphatic rings. The molecule has 0 heterocycles. The average Bonchev–Trinajstić information content (AvgIpc) is 2.58. The maximum Gasteiger partial charge on any atom is 0.328 e. The number of carboxylic acids is 1. The molecule has 0 aliphatic carbocycles. The maximum atomic E-state index is 12.3. The number of guanidine groups is 1. The van der Waals surface area contributed by atoms with Crippen molar-refractivity contribution < 1.29 is 14.7 Å². The van der Waals surface area contributed by atoms with Crippen LogP contribution in [0.5, 0.6) is 0 Å². The van der Waals surface area contributed by atoms with E-state index in [0.717, 1.165) is 17.2 Å². The van der Waals surface area contributed by atoms with Crippen molar-refractivity contribution in [2.24, 2.45) is 16.5 Å². The van der Waals surface area contributed by atoms with Crippen molar-refractivity contribution in [3.05, 3.63) is 77.4 Å². The lowest BCUT2D eigenvalue weighted by Crippen LogP contribution is -2.21. The lowest BCUT2D eigenvalue weighted by atomic mass is 10.1. The van der Waals surface area contributed by atoms with Gasteiger partial charge < -0.3 is 16.6 Å². The number of aliphatic imine (C=N–C) groups is 1. The molecule has 126 valence electrons. The Morgan fingerprint density at radius 2 is 1.56 bits per heavy atom. The minimum Gasteiger partial charge on any atom is -0.478 e. The van der Waals surface area contributed by atoms with E-state index in [0.29, 0.717) is 11.3 Å². The Morgan fingerprint density at radius 3 is 2.20 bits per heavy atom. The molecule has 2 aromatic carbocycles. The van der Waals surface area contributed by atoms with Crippen molar-refractivity contribution in [1.29, 1.82) is 0 Å². The number of hydrogen-bond donors (Lipinski definition) is 3. The van der Waals surface area contributed by atoms with Crippen LogP contribution in [0.3, 0.4) is 0 Å². The van der Waals surface area contributed by atoms with Crippen LogP contribution >= 0.6 is 0 Å². The number of hydrogen-bond acceptors (Lipinski definition) is 3. The SMILES string of the molecule is NC(N)=Nc1cccc(C(=O)/C=C/c2cccc(/C=C/C(=O)O)c2)c1. The first-order valence-corrected chi connectivity index (χ1v) is 7.37. The molecule has 2 aromatic rings. The van der Waals surface area contributed by atoms with E-state index in [4.69, 9.17) is 16.6 Å². The number of benzene rings is 2. The summed E-state index contributed by atoms with van der Waals surface area (Å²) >= 11 is 0. The van der Waals surface area contributed by atoms with E-state index in [1.165, 1.54) is 12.2 Å². The second kappa shape index (κ2) is 8.26. The normalized spacial score (nSPS) is 10.9. The summed E-state index contributed by atoms with van der Waals surface area (Å²) in [4.78, 5) is 26.7. The van der Waals surface area contributed by atoms with Gasteiger partial charge in [-0.15, -0.1) is 0 Å². The highest BCUT2D eigenvalue weighted by Gasteiger charge is 2.03. The van der Waals surface area contributed by atoms with Crippen molar-refractivity contribution in [1.82, 2.24) is 0 Å². The highest BCUT2D eigenvalue weighted by Crippen LogP contribution is 2.15. The minimum atomic E-state index is -1.02. The summed E-state index contributed by atoms with van der Waals surface area (Å²) in [6.45, 7) is 0. The van der Waals surface area contributed by atoms with E-state index in [2.05, 4.69) is 4.99 Å². The zero-order valence-corrected chi connectivity index (χ0v) is 13.3. The number of nitrogens with two attached hydrogens (primary N) is 2. The second-order valence-corrected chi connectivity index (χ2v) is 5.13. The first-order chi connectivity index (χ1) is 11.9. The van der Waals surface area contributed by atoms with Crippen LogP contribution in [0.1, 0.15) is 21.5 Å². The Morgan fingerprint density at radius 1 is 0.920 bits per heavy atom. The summed E-state index contributed by atoms with van der Waals surface area (Å²) in [6.07, 6.45) is 5.64. The van der Waals surface area contributed by atoms with Gasteiger partial charge in [0.1, 0.15) is 0 Å². The maximum absolute atomic E-state index is 12.3. The molecule has 0 atom stereocenters. The Labute approximate surface area is 144 Å². The molecule has 0 fully saturated rings. The number of rotatable bonds is 6. The zero-order chi connectivity index (χ0) is 18.2. The van der Waals surface area contributed by atoms with Crippen molar-refractivity contribution in [2.45, 2.75) is 0 Å². The summed E-state index contributed by atoms with van der Waals surface area (Å²) in [5.41, 5.74) is 13.1. The molecule has 25 heavy (non-hydrogen) atoms. The Kier molecular flexibility index (Phi) is 5.84. The van der Waals surface area contributed by atoms with E-state index < -0.39 is 5.97 Å². The number of allylic oxidation sites excluding steroid dienone is 1. The Bertz CT molecular complexity index is 879. The number of carbonyl (C=O) groups excluding carboxylic acids is 1. The number of carbonyl (C=O) groups is 2. The van der Waals surface area contributed by atoms with Gasteiger partial charge in [0.15, 0.2) is 11.7 Å². The smallest absolute Gasteiger partial charge is 0.328 e. The topological polar surface area (TPSA) is 119 Å². The van der Waals surface area contributed by atoms with Crippen LogP contribution in [0.25, 0.3) is 12.2 Å². The Hall–Kier alpha value is -3.67. The predicted molar refractivity (Wildman–Crippen MR) is 98.4 cm³/mol. The largest absolute Gasteiger partial charge is 0.478 e. The monoisotopic (exact) mass is 335 g/mol. The van der Waals surface area contributed by atoms with Crippen LogP contribution in [-0.4, -0.2) is 22.8 Å². The fraction of sp³-hybridized carbons (Fsp3) is 0. The molecule has 6 heteroatoms. The van der Waals surface area contributed by atoms with Gasteiger partial charge >= 0.3 is 5.97 Å². The summed E-state index contributed by atoms with van der Waals surface area (Å²) in [5, 5.41) is 8.65. The summed E-state index contributed by atoms with van der Waals surface area (Å²) in [6, 6.07) is 13.8. The van der Waals surface area contributed by atoms with Crippen molar-refractivity contribution in [3.63, 3.8) is 0 Å². The van der Waals surface area contributed by atoms with Crippen LogP contribution in [0, 0.1) is 0 Å². The molecular formula is C19H17N3O3. The third-order valence-corrected chi connectivity index (χ3v) is 3.15. The van der Waals surface area contributed by atoms with Crippen LogP contribution in [0.2, 0.25) is 0 Å². The molecule has 0 aliphatic heterocycles. The number of ketones is 1. The van der Waals surface area contributed by atoms with E-state index in [1.54, 1.807) is 48.5 Å². The van der Waals surface area contributed by atoms with Crippen LogP contribution < -0.4 is 11.5 Å². The van der Waals surface area contributed by atoms with E-state index >= 15 is 0 Å². The summed E-state index contributed by atoms with van der Waals surface area (Å²) in [5.74, 6) is -1.29. The summed E-state index contributed by atoms with van der Waals surface area (Å²) < 4.78 is 0. The Balaban J connectivity index is 2.16. The zero-order valence-electron chi connectivity index (χ0n) is 13.3. The number of nitrogens with zero attached hydrogens (tertiary/aromatic N) is 1. The molecule has 0 saturated carbocycles. The molecule has 5 N–H and O–H groups in total. The van der Waals surface area contributed by atoms with Gasteiger partial charge in [-0.25, -0.2) is 9.79 Å². The van der Waals surface area contributed by atoms with E-state index in [-0.39, 0.29) is 11.7 Å². The third kappa shape index (κ3) is 5.80. The van der Waals surface area contributed by atoms with E-state index in [9.17, 15) is 9.59 Å². The van der Waals surface area contributed by atoms with Crippen molar-refractivity contribution in [2.75, 3.05) is 0 Å². The molecule has 2 rings (SSSR count). The van der Waals surface area contributed by atoms with Crippen molar-refractivity contribution >= 4 is 35.6 Å².